The van der Waals surface area contributed by atoms with Crippen LogP contribution in [-0.4, -0.2) is 20.9 Å². The molecule has 0 saturated carbocycles. The van der Waals surface area contributed by atoms with E-state index in [0.717, 1.165) is 35.8 Å². The van der Waals surface area contributed by atoms with E-state index < -0.39 is 0 Å². The third-order valence-electron chi connectivity index (χ3n) is 3.01. The van der Waals surface area contributed by atoms with Crippen molar-refractivity contribution >= 4 is 7.69 Å². The molecule has 2 rings (SSSR count). The van der Waals surface area contributed by atoms with Crippen LogP contribution in [0, 0.1) is 0 Å². The molecule has 0 aliphatic carbocycles. The van der Waals surface area contributed by atoms with Gasteiger partial charge in [-0.05, 0) is 37.1 Å². The quantitative estimate of drug-likeness (QED) is 0.621. The summed E-state index contributed by atoms with van der Waals surface area (Å²) in [5.74, 6) is 3.05. The Balaban J connectivity index is 1.82. The number of hydrogen-bond donors (Lipinski definition) is 0. The summed E-state index contributed by atoms with van der Waals surface area (Å²) in [6.07, 6.45) is 1.95. The van der Waals surface area contributed by atoms with Gasteiger partial charge >= 0.3 is 7.69 Å². The Morgan fingerprint density at radius 3 is 1.57 bits per heavy atom. The van der Waals surface area contributed by atoms with Gasteiger partial charge in [-0.2, -0.15) is 0 Å². The van der Waals surface area contributed by atoms with E-state index in [9.17, 15) is 0 Å². The molecular weight excluding hydrogens is 291 g/mol. The first-order valence-electron chi connectivity index (χ1n) is 8.03. The highest BCUT2D eigenvalue weighted by atomic mass is 16.6. The van der Waals surface area contributed by atoms with Gasteiger partial charge in [-0.1, -0.05) is 26.0 Å². The molecule has 0 aliphatic heterocycles. The summed E-state index contributed by atoms with van der Waals surface area (Å²) >= 11 is 0. The maximum absolute atomic E-state index is 5.61. The minimum atomic E-state index is 0.133. The topological polar surface area (TPSA) is 36.9 Å². The Kier molecular flexibility index (Phi) is 7.17. The standard InChI is InChI=1S/C18H23BO4/c1-3-11-20-15-7-5-9-17(13-15)22-19-23-18-10-6-8-16(14-18)21-12-4-2/h5-10,13-14,19H,3-4,11-12H2,1-2H3. The van der Waals surface area contributed by atoms with Gasteiger partial charge in [-0.15, -0.1) is 0 Å². The third-order valence-corrected chi connectivity index (χ3v) is 3.01. The molecule has 5 heteroatoms. The van der Waals surface area contributed by atoms with Crippen molar-refractivity contribution in [2.24, 2.45) is 0 Å². The number of rotatable bonds is 10. The molecule has 4 nitrogen and oxygen atoms in total. The van der Waals surface area contributed by atoms with Crippen molar-refractivity contribution in [1.82, 2.24) is 0 Å². The van der Waals surface area contributed by atoms with Gasteiger partial charge < -0.3 is 18.8 Å². The van der Waals surface area contributed by atoms with Gasteiger partial charge in [0.05, 0.1) is 13.2 Å². The van der Waals surface area contributed by atoms with E-state index in [0.29, 0.717) is 13.2 Å². The molecule has 2 aromatic rings. The van der Waals surface area contributed by atoms with Gasteiger partial charge in [-0.3, -0.25) is 0 Å². The van der Waals surface area contributed by atoms with Gasteiger partial charge in [0.1, 0.15) is 23.0 Å². The predicted molar refractivity (Wildman–Crippen MR) is 92.9 cm³/mol. The van der Waals surface area contributed by atoms with E-state index >= 15 is 0 Å². The van der Waals surface area contributed by atoms with Crippen LogP contribution >= 0.6 is 0 Å². The van der Waals surface area contributed by atoms with Gasteiger partial charge in [0.25, 0.3) is 0 Å². The smallest absolute Gasteiger partial charge is 0.528 e. The molecule has 0 aromatic heterocycles. The van der Waals surface area contributed by atoms with Gasteiger partial charge in [0.15, 0.2) is 0 Å². The van der Waals surface area contributed by atoms with Crippen molar-refractivity contribution in [3.05, 3.63) is 48.5 Å². The second-order valence-electron chi connectivity index (χ2n) is 5.05. The molecule has 0 unspecified atom stereocenters. The van der Waals surface area contributed by atoms with Crippen molar-refractivity contribution in [2.75, 3.05) is 13.2 Å². The molecule has 23 heavy (non-hydrogen) atoms. The summed E-state index contributed by atoms with van der Waals surface area (Å²) in [5.41, 5.74) is 0. The van der Waals surface area contributed by atoms with Crippen molar-refractivity contribution in [3.8, 4) is 23.0 Å². The zero-order chi connectivity index (χ0) is 16.3. The molecule has 0 radical (unpaired) electrons. The molecule has 0 aliphatic rings. The normalized spacial score (nSPS) is 10.0. The van der Waals surface area contributed by atoms with E-state index in [1.54, 1.807) is 0 Å². The average Bonchev–Trinajstić information content (AvgIpc) is 2.59. The highest BCUT2D eigenvalue weighted by Gasteiger charge is 2.03. The van der Waals surface area contributed by atoms with Crippen molar-refractivity contribution in [2.45, 2.75) is 26.7 Å². The van der Waals surface area contributed by atoms with Crippen LogP contribution in [0.5, 0.6) is 23.0 Å². The Hall–Kier alpha value is -2.30. The lowest BCUT2D eigenvalue weighted by Crippen LogP contribution is -2.11. The van der Waals surface area contributed by atoms with Crippen LogP contribution in [0.3, 0.4) is 0 Å². The molecule has 0 bridgehead atoms. The maximum atomic E-state index is 5.61. The zero-order valence-corrected chi connectivity index (χ0v) is 13.8. The molecule has 0 amide bonds. The summed E-state index contributed by atoms with van der Waals surface area (Å²) < 4.78 is 22.4. The summed E-state index contributed by atoms with van der Waals surface area (Å²) in [6.45, 7) is 5.55. The van der Waals surface area contributed by atoms with Crippen LogP contribution in [0.25, 0.3) is 0 Å². The highest BCUT2D eigenvalue weighted by Crippen LogP contribution is 2.21. The van der Waals surface area contributed by atoms with Crippen LogP contribution in [0.4, 0.5) is 0 Å². The molecule has 0 spiro atoms. The second-order valence-corrected chi connectivity index (χ2v) is 5.05. The van der Waals surface area contributed by atoms with Gasteiger partial charge in [0, 0.05) is 12.1 Å². The van der Waals surface area contributed by atoms with Crippen LogP contribution in [0.1, 0.15) is 26.7 Å². The van der Waals surface area contributed by atoms with Crippen LogP contribution < -0.4 is 18.8 Å². The second kappa shape index (κ2) is 9.67. The van der Waals surface area contributed by atoms with Crippen molar-refractivity contribution < 1.29 is 18.8 Å². The van der Waals surface area contributed by atoms with E-state index in [1.165, 1.54) is 0 Å². The lowest BCUT2D eigenvalue weighted by molar-refractivity contribution is 0.315. The van der Waals surface area contributed by atoms with Gasteiger partial charge in [0.2, 0.25) is 0 Å². The highest BCUT2D eigenvalue weighted by molar-refractivity contribution is 6.20. The first-order chi connectivity index (χ1) is 11.3. The molecule has 2 aromatic carbocycles. The minimum Gasteiger partial charge on any atom is -0.528 e. The van der Waals surface area contributed by atoms with E-state index in [1.807, 2.05) is 48.5 Å². The Morgan fingerprint density at radius 2 is 1.13 bits per heavy atom. The summed E-state index contributed by atoms with van der Waals surface area (Å²) in [4.78, 5) is 0. The third kappa shape index (κ3) is 6.14. The van der Waals surface area contributed by atoms with Crippen molar-refractivity contribution in [1.29, 1.82) is 0 Å². The molecule has 122 valence electrons. The SMILES string of the molecule is CCCOc1cccc(OBOc2cccc(OCCC)c2)c1. The molecule has 0 heterocycles. The predicted octanol–water partition coefficient (Wildman–Crippen LogP) is 3.99. The van der Waals surface area contributed by atoms with E-state index in [-0.39, 0.29) is 7.69 Å². The largest absolute Gasteiger partial charge is 0.576 e. The summed E-state index contributed by atoms with van der Waals surface area (Å²) in [7, 11) is 0.133. The van der Waals surface area contributed by atoms with Gasteiger partial charge in [-0.25, -0.2) is 0 Å². The first kappa shape index (κ1) is 17.1. The number of hydrogen-bond acceptors (Lipinski definition) is 4. The van der Waals surface area contributed by atoms with Crippen molar-refractivity contribution in [3.63, 3.8) is 0 Å². The Labute approximate surface area is 138 Å². The van der Waals surface area contributed by atoms with E-state index in [4.69, 9.17) is 18.8 Å². The summed E-state index contributed by atoms with van der Waals surface area (Å²) in [6, 6.07) is 15.1. The average molecular weight is 314 g/mol. The monoisotopic (exact) mass is 314 g/mol. The number of ether oxygens (including phenoxy) is 2. The van der Waals surface area contributed by atoms with E-state index in [2.05, 4.69) is 13.8 Å². The molecule has 0 N–H and O–H groups in total. The minimum absolute atomic E-state index is 0.133. The zero-order valence-electron chi connectivity index (χ0n) is 13.8. The van der Waals surface area contributed by atoms with Crippen LogP contribution in [-0.2, 0) is 0 Å². The maximum Gasteiger partial charge on any atom is 0.576 e. The Bertz CT molecular complexity index is 537. The Morgan fingerprint density at radius 1 is 0.696 bits per heavy atom. The molecular formula is C18H23BO4. The molecule has 0 saturated heterocycles. The molecule has 0 fully saturated rings. The van der Waals surface area contributed by atoms with Crippen LogP contribution in [0.2, 0.25) is 0 Å². The molecule has 0 atom stereocenters. The fraction of sp³-hybridized carbons (Fsp3) is 0.333. The lowest BCUT2D eigenvalue weighted by Gasteiger charge is -2.10. The first-order valence-corrected chi connectivity index (χ1v) is 8.03. The fourth-order valence-electron chi connectivity index (χ4n) is 1.91. The lowest BCUT2D eigenvalue weighted by atomic mass is 10.2. The fourth-order valence-corrected chi connectivity index (χ4v) is 1.91. The number of benzene rings is 2. The van der Waals surface area contributed by atoms with Crippen LogP contribution in [0.15, 0.2) is 48.5 Å². The summed E-state index contributed by atoms with van der Waals surface area (Å²) in [5, 5.41) is 0.